The molecule has 2 heterocycles. The molecule has 29 heavy (non-hydrogen) atoms. The molecule has 0 fully saturated rings. The first-order valence-electron chi connectivity index (χ1n) is 9.43. The number of thioether (sulfide) groups is 1. The molecule has 0 radical (unpaired) electrons. The van der Waals surface area contributed by atoms with Crippen LogP contribution in [-0.2, 0) is 16.1 Å². The zero-order chi connectivity index (χ0) is 20.1. The SMILES string of the molecule is O=C(CCC(=O)N1CCSc2ccccc21)NCc1ccc(-n2cncn2)cc1. The molecular formula is C21H21N5O2S. The second-order valence-corrected chi connectivity index (χ2v) is 7.78. The van der Waals surface area contributed by atoms with Crippen LogP contribution in [-0.4, -0.2) is 38.9 Å². The third-order valence-corrected chi connectivity index (χ3v) is 5.75. The van der Waals surface area contributed by atoms with Crippen molar-refractivity contribution in [3.05, 3.63) is 66.7 Å². The second-order valence-electron chi connectivity index (χ2n) is 6.64. The summed E-state index contributed by atoms with van der Waals surface area (Å²) in [6.07, 6.45) is 3.50. The number of aromatic nitrogens is 3. The van der Waals surface area contributed by atoms with Crippen molar-refractivity contribution in [3.8, 4) is 5.69 Å². The first-order valence-corrected chi connectivity index (χ1v) is 10.4. The second kappa shape index (κ2) is 8.91. The fraction of sp³-hybridized carbons (Fsp3) is 0.238. The lowest BCUT2D eigenvalue weighted by atomic mass is 10.2. The Morgan fingerprint density at radius 1 is 1.07 bits per heavy atom. The molecule has 2 aromatic carbocycles. The van der Waals surface area contributed by atoms with Crippen LogP contribution in [0, 0.1) is 0 Å². The van der Waals surface area contributed by atoms with Crippen molar-refractivity contribution in [1.29, 1.82) is 0 Å². The predicted octanol–water partition coefficient (Wildman–Crippen LogP) is 2.80. The molecule has 4 rings (SSSR count). The smallest absolute Gasteiger partial charge is 0.227 e. The molecule has 3 aromatic rings. The number of carbonyl (C=O) groups excluding carboxylic acids is 2. The number of fused-ring (bicyclic) bond motifs is 1. The van der Waals surface area contributed by atoms with Crippen LogP contribution in [0.1, 0.15) is 18.4 Å². The van der Waals surface area contributed by atoms with E-state index >= 15 is 0 Å². The third kappa shape index (κ3) is 4.65. The average molecular weight is 407 g/mol. The lowest BCUT2D eigenvalue weighted by Gasteiger charge is -2.29. The summed E-state index contributed by atoms with van der Waals surface area (Å²) in [4.78, 5) is 31.6. The Balaban J connectivity index is 1.26. The largest absolute Gasteiger partial charge is 0.352 e. The molecule has 1 aromatic heterocycles. The molecule has 0 saturated heterocycles. The van der Waals surface area contributed by atoms with Crippen molar-refractivity contribution in [1.82, 2.24) is 20.1 Å². The molecule has 0 bridgehead atoms. The van der Waals surface area contributed by atoms with Crippen molar-refractivity contribution in [2.24, 2.45) is 0 Å². The van der Waals surface area contributed by atoms with Crippen molar-refractivity contribution in [2.75, 3.05) is 17.2 Å². The van der Waals surface area contributed by atoms with E-state index in [1.807, 2.05) is 48.5 Å². The maximum Gasteiger partial charge on any atom is 0.227 e. The lowest BCUT2D eigenvalue weighted by Crippen LogP contribution is -2.36. The van der Waals surface area contributed by atoms with E-state index in [1.54, 1.807) is 27.7 Å². The van der Waals surface area contributed by atoms with Gasteiger partial charge in [-0.15, -0.1) is 11.8 Å². The van der Waals surface area contributed by atoms with Gasteiger partial charge in [-0.05, 0) is 29.8 Å². The predicted molar refractivity (Wildman–Crippen MR) is 112 cm³/mol. The van der Waals surface area contributed by atoms with Gasteiger partial charge in [-0.1, -0.05) is 24.3 Å². The molecule has 0 unspecified atom stereocenters. The summed E-state index contributed by atoms with van der Waals surface area (Å²) >= 11 is 1.76. The number of carbonyl (C=O) groups is 2. The van der Waals surface area contributed by atoms with Gasteiger partial charge in [0, 0.05) is 36.6 Å². The van der Waals surface area contributed by atoms with Crippen molar-refractivity contribution in [2.45, 2.75) is 24.3 Å². The molecule has 1 aliphatic rings. The highest BCUT2D eigenvalue weighted by atomic mass is 32.2. The minimum Gasteiger partial charge on any atom is -0.352 e. The Morgan fingerprint density at radius 3 is 2.69 bits per heavy atom. The van der Waals surface area contributed by atoms with Crippen LogP contribution in [0.25, 0.3) is 5.69 Å². The summed E-state index contributed by atoms with van der Waals surface area (Å²) in [7, 11) is 0. The molecule has 2 amide bonds. The highest BCUT2D eigenvalue weighted by molar-refractivity contribution is 7.99. The number of nitrogens with zero attached hydrogens (tertiary/aromatic N) is 4. The summed E-state index contributed by atoms with van der Waals surface area (Å²) in [5.41, 5.74) is 2.83. The number of benzene rings is 2. The minimum atomic E-state index is -0.127. The Bertz CT molecular complexity index is 989. The van der Waals surface area contributed by atoms with Crippen molar-refractivity contribution < 1.29 is 9.59 Å². The molecular weight excluding hydrogens is 386 g/mol. The van der Waals surface area contributed by atoms with Crippen LogP contribution in [0.15, 0.2) is 66.1 Å². The Kier molecular flexibility index (Phi) is 5.90. The van der Waals surface area contributed by atoms with Gasteiger partial charge in [-0.3, -0.25) is 9.59 Å². The molecule has 0 saturated carbocycles. The van der Waals surface area contributed by atoms with Crippen LogP contribution in [0.3, 0.4) is 0 Å². The van der Waals surface area contributed by atoms with E-state index in [0.717, 1.165) is 27.6 Å². The van der Waals surface area contributed by atoms with Crippen LogP contribution >= 0.6 is 11.8 Å². The summed E-state index contributed by atoms with van der Waals surface area (Å²) < 4.78 is 1.67. The summed E-state index contributed by atoms with van der Waals surface area (Å²) in [5, 5.41) is 6.96. The van der Waals surface area contributed by atoms with Crippen LogP contribution in [0.4, 0.5) is 5.69 Å². The molecule has 1 aliphatic heterocycles. The Morgan fingerprint density at radius 2 is 1.90 bits per heavy atom. The van der Waals surface area contributed by atoms with Gasteiger partial charge in [0.2, 0.25) is 11.8 Å². The van der Waals surface area contributed by atoms with E-state index in [1.165, 1.54) is 6.33 Å². The number of hydrogen-bond acceptors (Lipinski definition) is 5. The van der Waals surface area contributed by atoms with E-state index in [4.69, 9.17) is 0 Å². The molecule has 8 heteroatoms. The summed E-state index contributed by atoms with van der Waals surface area (Å²) in [6, 6.07) is 15.6. The summed E-state index contributed by atoms with van der Waals surface area (Å²) in [5.74, 6) is 0.739. The topological polar surface area (TPSA) is 80.1 Å². The molecule has 148 valence electrons. The average Bonchev–Trinajstić information content (AvgIpc) is 3.31. The lowest BCUT2D eigenvalue weighted by molar-refractivity contribution is -0.125. The normalized spacial score (nSPS) is 13.0. The van der Waals surface area contributed by atoms with Crippen molar-refractivity contribution >= 4 is 29.3 Å². The molecule has 7 nitrogen and oxygen atoms in total. The molecule has 0 spiro atoms. The van der Waals surface area contributed by atoms with Gasteiger partial charge in [0.15, 0.2) is 0 Å². The fourth-order valence-electron chi connectivity index (χ4n) is 3.18. The number of para-hydroxylation sites is 1. The third-order valence-electron chi connectivity index (χ3n) is 4.70. The number of anilines is 1. The van der Waals surface area contributed by atoms with Gasteiger partial charge in [0.25, 0.3) is 0 Å². The number of amides is 2. The highest BCUT2D eigenvalue weighted by Crippen LogP contribution is 2.34. The molecule has 0 atom stereocenters. The number of hydrogen-bond donors (Lipinski definition) is 1. The van der Waals surface area contributed by atoms with Gasteiger partial charge < -0.3 is 10.2 Å². The number of nitrogens with one attached hydrogen (secondary N) is 1. The van der Waals surface area contributed by atoms with Gasteiger partial charge in [-0.2, -0.15) is 5.10 Å². The maximum absolute atomic E-state index is 12.6. The standard InChI is InChI=1S/C21H21N5O2S/c27-20(23-13-16-5-7-17(8-6-16)26-15-22-14-24-26)9-10-21(28)25-11-12-29-19-4-2-1-3-18(19)25/h1-8,14-15H,9-13H2,(H,23,27). The quantitative estimate of drug-likeness (QED) is 0.680. The van der Waals surface area contributed by atoms with Gasteiger partial charge in [0.1, 0.15) is 12.7 Å². The first kappa shape index (κ1) is 19.2. The zero-order valence-corrected chi connectivity index (χ0v) is 16.6. The van der Waals surface area contributed by atoms with Crippen LogP contribution in [0.2, 0.25) is 0 Å². The zero-order valence-electron chi connectivity index (χ0n) is 15.8. The van der Waals surface area contributed by atoms with Crippen LogP contribution in [0.5, 0.6) is 0 Å². The van der Waals surface area contributed by atoms with Gasteiger partial charge >= 0.3 is 0 Å². The van der Waals surface area contributed by atoms with Crippen LogP contribution < -0.4 is 10.2 Å². The van der Waals surface area contributed by atoms with Crippen molar-refractivity contribution in [3.63, 3.8) is 0 Å². The minimum absolute atomic E-state index is 0.00918. The Hall–Kier alpha value is -3.13. The van der Waals surface area contributed by atoms with E-state index in [-0.39, 0.29) is 24.7 Å². The fourth-order valence-corrected chi connectivity index (χ4v) is 4.18. The first-order chi connectivity index (χ1) is 14.2. The Labute approximate surface area is 173 Å². The van der Waals surface area contributed by atoms with E-state index in [2.05, 4.69) is 15.4 Å². The summed E-state index contributed by atoms with van der Waals surface area (Å²) in [6.45, 7) is 1.11. The van der Waals surface area contributed by atoms with E-state index < -0.39 is 0 Å². The van der Waals surface area contributed by atoms with Gasteiger partial charge in [0.05, 0.1) is 11.4 Å². The highest BCUT2D eigenvalue weighted by Gasteiger charge is 2.22. The number of rotatable bonds is 6. The monoisotopic (exact) mass is 407 g/mol. The van der Waals surface area contributed by atoms with E-state index in [9.17, 15) is 9.59 Å². The van der Waals surface area contributed by atoms with E-state index in [0.29, 0.717) is 13.1 Å². The maximum atomic E-state index is 12.6. The molecule has 1 N–H and O–H groups in total. The molecule has 0 aliphatic carbocycles. The van der Waals surface area contributed by atoms with Gasteiger partial charge in [-0.25, -0.2) is 9.67 Å².